The zero-order valence-corrected chi connectivity index (χ0v) is 9.42. The van der Waals surface area contributed by atoms with E-state index in [4.69, 9.17) is 5.11 Å². The maximum absolute atomic E-state index is 10.7. The molecule has 3 nitrogen and oxygen atoms in total. The summed E-state index contributed by atoms with van der Waals surface area (Å²) >= 11 is 0. The lowest BCUT2D eigenvalue weighted by Crippen LogP contribution is -2.35. The van der Waals surface area contributed by atoms with Crippen molar-refractivity contribution in [1.29, 1.82) is 0 Å². The van der Waals surface area contributed by atoms with E-state index in [1.807, 2.05) is 0 Å². The predicted molar refractivity (Wildman–Crippen MR) is 56.3 cm³/mol. The highest BCUT2D eigenvalue weighted by molar-refractivity contribution is 5.67. The summed E-state index contributed by atoms with van der Waals surface area (Å²) < 4.78 is 0. The van der Waals surface area contributed by atoms with Gasteiger partial charge in [0.25, 0.3) is 0 Å². The Labute approximate surface area is 86.1 Å². The molecule has 0 radical (unpaired) electrons. The fourth-order valence-corrected chi connectivity index (χ4v) is 2.20. The van der Waals surface area contributed by atoms with E-state index in [-0.39, 0.29) is 12.5 Å². The third kappa shape index (κ3) is 2.98. The van der Waals surface area contributed by atoms with Crippen LogP contribution in [0.15, 0.2) is 0 Å². The smallest absolute Gasteiger partial charge is 0.304 e. The lowest BCUT2D eigenvalue weighted by Gasteiger charge is -2.27. The van der Waals surface area contributed by atoms with Crippen LogP contribution < -0.4 is 0 Å². The van der Waals surface area contributed by atoms with E-state index in [2.05, 4.69) is 25.7 Å². The van der Waals surface area contributed by atoms with E-state index >= 15 is 0 Å². The summed E-state index contributed by atoms with van der Waals surface area (Å²) in [5.74, 6) is -0.679. The van der Waals surface area contributed by atoms with Crippen molar-refractivity contribution in [3.63, 3.8) is 0 Å². The first-order chi connectivity index (χ1) is 6.44. The SMILES string of the molecule is CCC(CC(=O)O)N1CCC(C)(C)C1. The largest absolute Gasteiger partial charge is 0.481 e. The Morgan fingerprint density at radius 3 is 2.57 bits per heavy atom. The van der Waals surface area contributed by atoms with Gasteiger partial charge < -0.3 is 5.11 Å². The van der Waals surface area contributed by atoms with Gasteiger partial charge >= 0.3 is 5.97 Å². The van der Waals surface area contributed by atoms with Gasteiger partial charge in [-0.15, -0.1) is 0 Å². The molecule has 1 rings (SSSR count). The third-order valence-corrected chi connectivity index (χ3v) is 3.10. The minimum Gasteiger partial charge on any atom is -0.481 e. The van der Waals surface area contributed by atoms with E-state index in [1.54, 1.807) is 0 Å². The van der Waals surface area contributed by atoms with Crippen LogP contribution in [0.2, 0.25) is 0 Å². The lowest BCUT2D eigenvalue weighted by atomic mass is 9.93. The van der Waals surface area contributed by atoms with Crippen molar-refractivity contribution < 1.29 is 9.90 Å². The van der Waals surface area contributed by atoms with Crippen molar-refractivity contribution in [3.8, 4) is 0 Å². The number of likely N-dealkylation sites (tertiary alicyclic amines) is 1. The van der Waals surface area contributed by atoms with Gasteiger partial charge in [0.15, 0.2) is 0 Å². The van der Waals surface area contributed by atoms with Gasteiger partial charge in [-0.1, -0.05) is 20.8 Å². The van der Waals surface area contributed by atoms with Crippen molar-refractivity contribution >= 4 is 5.97 Å². The summed E-state index contributed by atoms with van der Waals surface area (Å²) in [6.45, 7) is 8.66. The molecule has 14 heavy (non-hydrogen) atoms. The number of carbonyl (C=O) groups is 1. The summed E-state index contributed by atoms with van der Waals surface area (Å²) in [5, 5.41) is 8.78. The number of carboxylic acids is 1. The Morgan fingerprint density at radius 2 is 2.21 bits per heavy atom. The second kappa shape index (κ2) is 4.30. The first-order valence-corrected chi connectivity index (χ1v) is 5.40. The first kappa shape index (κ1) is 11.5. The van der Waals surface area contributed by atoms with Crippen LogP contribution in [0.3, 0.4) is 0 Å². The summed E-state index contributed by atoms with van der Waals surface area (Å²) in [7, 11) is 0. The van der Waals surface area contributed by atoms with Gasteiger partial charge in [-0.25, -0.2) is 0 Å². The number of nitrogens with zero attached hydrogens (tertiary/aromatic N) is 1. The molecule has 3 heteroatoms. The normalized spacial score (nSPS) is 23.6. The van der Waals surface area contributed by atoms with Gasteiger partial charge in [0.05, 0.1) is 6.42 Å². The summed E-state index contributed by atoms with van der Waals surface area (Å²) in [4.78, 5) is 13.0. The molecule has 1 heterocycles. The lowest BCUT2D eigenvalue weighted by molar-refractivity contribution is -0.138. The fraction of sp³-hybridized carbons (Fsp3) is 0.909. The van der Waals surface area contributed by atoms with Crippen LogP contribution in [0.5, 0.6) is 0 Å². The third-order valence-electron chi connectivity index (χ3n) is 3.10. The first-order valence-electron chi connectivity index (χ1n) is 5.40. The van der Waals surface area contributed by atoms with E-state index in [0.717, 1.165) is 19.5 Å². The van der Waals surface area contributed by atoms with Gasteiger partial charge in [0, 0.05) is 12.6 Å². The quantitative estimate of drug-likeness (QED) is 0.752. The monoisotopic (exact) mass is 199 g/mol. The zero-order valence-electron chi connectivity index (χ0n) is 9.42. The van der Waals surface area contributed by atoms with Crippen LogP contribution in [0.4, 0.5) is 0 Å². The van der Waals surface area contributed by atoms with Gasteiger partial charge in [-0.2, -0.15) is 0 Å². The van der Waals surface area contributed by atoms with Crippen LogP contribution in [0.1, 0.15) is 40.0 Å². The topological polar surface area (TPSA) is 40.5 Å². The molecule has 0 bridgehead atoms. The molecule has 0 spiro atoms. The minimum absolute atomic E-state index is 0.231. The van der Waals surface area contributed by atoms with Gasteiger partial charge in [-0.05, 0) is 24.8 Å². The molecule has 1 aliphatic rings. The maximum Gasteiger partial charge on any atom is 0.304 e. The zero-order chi connectivity index (χ0) is 10.8. The van der Waals surface area contributed by atoms with E-state index in [0.29, 0.717) is 5.41 Å². The summed E-state index contributed by atoms with van der Waals surface area (Å²) in [6.07, 6.45) is 2.40. The molecule has 1 N–H and O–H groups in total. The Hall–Kier alpha value is -0.570. The Balaban J connectivity index is 2.50. The van der Waals surface area contributed by atoms with Crippen LogP contribution in [0, 0.1) is 5.41 Å². The number of aliphatic carboxylic acids is 1. The van der Waals surface area contributed by atoms with Crippen molar-refractivity contribution in [1.82, 2.24) is 4.90 Å². The molecule has 0 aromatic heterocycles. The number of hydrogen-bond acceptors (Lipinski definition) is 2. The molecular formula is C11H21NO2. The van der Waals surface area contributed by atoms with Crippen LogP contribution >= 0.6 is 0 Å². The summed E-state index contributed by atoms with van der Waals surface area (Å²) in [6, 6.07) is 0.231. The molecule has 0 aliphatic carbocycles. The van der Waals surface area contributed by atoms with Crippen molar-refractivity contribution in [3.05, 3.63) is 0 Å². The molecule has 0 aromatic rings. The molecule has 1 aliphatic heterocycles. The standard InChI is InChI=1S/C11H21NO2/c1-4-9(7-10(13)14)12-6-5-11(2,3)8-12/h9H,4-8H2,1-3H3,(H,13,14). The van der Waals surface area contributed by atoms with Crippen molar-refractivity contribution in [2.75, 3.05) is 13.1 Å². The molecule has 1 unspecified atom stereocenters. The van der Waals surface area contributed by atoms with E-state index < -0.39 is 5.97 Å². The molecule has 82 valence electrons. The second-order valence-electron chi connectivity index (χ2n) is 5.04. The van der Waals surface area contributed by atoms with Crippen LogP contribution in [-0.2, 0) is 4.79 Å². The number of carboxylic acid groups (broad SMARTS) is 1. The average molecular weight is 199 g/mol. The Bertz CT molecular complexity index is 213. The second-order valence-corrected chi connectivity index (χ2v) is 5.04. The van der Waals surface area contributed by atoms with Gasteiger partial charge in [0.2, 0.25) is 0 Å². The van der Waals surface area contributed by atoms with Crippen LogP contribution in [0.25, 0.3) is 0 Å². The fourth-order valence-electron chi connectivity index (χ4n) is 2.20. The molecule has 0 saturated carbocycles. The highest BCUT2D eigenvalue weighted by Gasteiger charge is 2.33. The molecule has 1 atom stereocenters. The van der Waals surface area contributed by atoms with E-state index in [1.165, 1.54) is 6.42 Å². The minimum atomic E-state index is -0.679. The van der Waals surface area contributed by atoms with Gasteiger partial charge in [-0.3, -0.25) is 9.69 Å². The molecule has 0 aromatic carbocycles. The predicted octanol–water partition coefficient (Wildman–Crippen LogP) is 1.97. The Morgan fingerprint density at radius 1 is 1.57 bits per heavy atom. The maximum atomic E-state index is 10.7. The number of hydrogen-bond donors (Lipinski definition) is 1. The Kier molecular flexibility index (Phi) is 3.53. The highest BCUT2D eigenvalue weighted by atomic mass is 16.4. The van der Waals surface area contributed by atoms with Gasteiger partial charge in [0.1, 0.15) is 0 Å². The highest BCUT2D eigenvalue weighted by Crippen LogP contribution is 2.31. The average Bonchev–Trinajstić information content (AvgIpc) is 2.41. The number of rotatable bonds is 4. The summed E-state index contributed by atoms with van der Waals surface area (Å²) in [5.41, 5.74) is 0.367. The molecule has 1 saturated heterocycles. The van der Waals surface area contributed by atoms with Crippen molar-refractivity contribution in [2.45, 2.75) is 46.1 Å². The molecule has 0 amide bonds. The molecular weight excluding hydrogens is 178 g/mol. The van der Waals surface area contributed by atoms with Crippen molar-refractivity contribution in [2.24, 2.45) is 5.41 Å². The van der Waals surface area contributed by atoms with Crippen LogP contribution in [-0.4, -0.2) is 35.1 Å². The van der Waals surface area contributed by atoms with E-state index in [9.17, 15) is 4.79 Å². The molecule has 1 fully saturated rings.